The maximum absolute atomic E-state index is 5.94. The van der Waals surface area contributed by atoms with Crippen LogP contribution in [0.4, 0.5) is 22.7 Å². The van der Waals surface area contributed by atoms with Crippen LogP contribution in [0.2, 0.25) is 0 Å². The van der Waals surface area contributed by atoms with E-state index in [9.17, 15) is 0 Å². The van der Waals surface area contributed by atoms with Gasteiger partial charge in [0.25, 0.3) is 0 Å². The average molecular weight is 314 g/mol. The lowest BCUT2D eigenvalue weighted by molar-refractivity contribution is 1.45. The highest BCUT2D eigenvalue weighted by Gasteiger charge is 1.99. The smallest absolute Gasteiger partial charge is 0.0886 e. The zero-order valence-electron chi connectivity index (χ0n) is 13.1. The van der Waals surface area contributed by atoms with Crippen LogP contribution < -0.4 is 11.5 Å². The van der Waals surface area contributed by atoms with E-state index in [1.807, 2.05) is 72.8 Å². The number of aliphatic imine (C=N–C) groups is 2. The number of nitrogen functional groups attached to an aromatic ring is 2. The van der Waals surface area contributed by atoms with Crippen LogP contribution in [0.15, 0.2) is 82.8 Å². The Morgan fingerprint density at radius 3 is 1.33 bits per heavy atom. The fourth-order valence-electron chi connectivity index (χ4n) is 2.22. The van der Waals surface area contributed by atoms with Gasteiger partial charge in [0.15, 0.2) is 0 Å². The Morgan fingerprint density at radius 2 is 0.917 bits per heavy atom. The first-order valence-electron chi connectivity index (χ1n) is 7.60. The lowest BCUT2D eigenvalue weighted by Crippen LogP contribution is -1.92. The van der Waals surface area contributed by atoms with E-state index in [0.717, 1.165) is 22.5 Å². The summed E-state index contributed by atoms with van der Waals surface area (Å²) in [7, 11) is 0. The van der Waals surface area contributed by atoms with Crippen LogP contribution in [0.3, 0.4) is 0 Å². The Hall–Kier alpha value is -3.40. The predicted octanol–water partition coefficient (Wildman–Crippen LogP) is 4.35. The van der Waals surface area contributed by atoms with Gasteiger partial charge in [0.2, 0.25) is 0 Å². The molecule has 0 radical (unpaired) electrons. The van der Waals surface area contributed by atoms with Gasteiger partial charge in [0.05, 0.1) is 11.4 Å². The Morgan fingerprint density at radius 1 is 0.542 bits per heavy atom. The van der Waals surface area contributed by atoms with Crippen LogP contribution in [-0.2, 0) is 0 Å². The van der Waals surface area contributed by atoms with E-state index in [4.69, 9.17) is 11.5 Å². The standard InChI is InChI=1S/C20H18N4/c21-17-9-3-1-7-15(17)13-23-19-11-5-6-12-20(19)24-14-16-8-2-4-10-18(16)22/h1-14H,21-22H2. The Kier molecular flexibility index (Phi) is 4.68. The molecule has 0 aliphatic rings. The van der Waals surface area contributed by atoms with E-state index in [2.05, 4.69) is 9.98 Å². The molecule has 0 spiro atoms. The van der Waals surface area contributed by atoms with Gasteiger partial charge in [-0.1, -0.05) is 48.5 Å². The van der Waals surface area contributed by atoms with Crippen molar-refractivity contribution < 1.29 is 0 Å². The van der Waals surface area contributed by atoms with Crippen molar-refractivity contribution in [1.82, 2.24) is 0 Å². The van der Waals surface area contributed by atoms with Crippen LogP contribution in [0.25, 0.3) is 0 Å². The minimum Gasteiger partial charge on any atom is -0.398 e. The fraction of sp³-hybridized carbons (Fsp3) is 0. The lowest BCUT2D eigenvalue weighted by atomic mass is 10.2. The zero-order chi connectivity index (χ0) is 16.8. The molecule has 24 heavy (non-hydrogen) atoms. The fourth-order valence-corrected chi connectivity index (χ4v) is 2.22. The molecule has 0 saturated carbocycles. The van der Waals surface area contributed by atoms with Crippen molar-refractivity contribution in [3.05, 3.63) is 83.9 Å². The Balaban J connectivity index is 1.89. The summed E-state index contributed by atoms with van der Waals surface area (Å²) in [5.74, 6) is 0. The number of nitrogens with two attached hydrogens (primary N) is 2. The first-order valence-corrected chi connectivity index (χ1v) is 7.60. The second kappa shape index (κ2) is 7.24. The van der Waals surface area contributed by atoms with Gasteiger partial charge in [0.1, 0.15) is 0 Å². The molecule has 0 amide bonds. The van der Waals surface area contributed by atoms with Crippen molar-refractivity contribution in [3.8, 4) is 0 Å². The number of rotatable bonds is 4. The molecule has 0 atom stereocenters. The molecule has 0 aliphatic carbocycles. The number of anilines is 2. The summed E-state index contributed by atoms with van der Waals surface area (Å²) in [6, 6.07) is 22.9. The molecule has 118 valence electrons. The van der Waals surface area contributed by atoms with Gasteiger partial charge in [-0.25, -0.2) is 0 Å². The number of para-hydroxylation sites is 4. The second-order valence-electron chi connectivity index (χ2n) is 5.26. The van der Waals surface area contributed by atoms with Gasteiger partial charge >= 0.3 is 0 Å². The van der Waals surface area contributed by atoms with E-state index < -0.39 is 0 Å². The maximum atomic E-state index is 5.94. The first kappa shape index (κ1) is 15.5. The van der Waals surface area contributed by atoms with Gasteiger partial charge in [-0.3, -0.25) is 9.98 Å². The van der Waals surface area contributed by atoms with E-state index in [0.29, 0.717) is 11.4 Å². The molecule has 3 rings (SSSR count). The van der Waals surface area contributed by atoms with Crippen LogP contribution in [0.5, 0.6) is 0 Å². The van der Waals surface area contributed by atoms with Crippen LogP contribution in [0, 0.1) is 0 Å². The van der Waals surface area contributed by atoms with Crippen LogP contribution >= 0.6 is 0 Å². The summed E-state index contributed by atoms with van der Waals surface area (Å²) in [6.07, 6.45) is 3.50. The lowest BCUT2D eigenvalue weighted by Gasteiger charge is -2.02. The van der Waals surface area contributed by atoms with Crippen LogP contribution in [0.1, 0.15) is 11.1 Å². The third-order valence-corrected chi connectivity index (χ3v) is 3.56. The molecule has 0 aliphatic heterocycles. The highest BCUT2D eigenvalue weighted by Crippen LogP contribution is 2.27. The Bertz CT molecular complexity index is 823. The monoisotopic (exact) mass is 314 g/mol. The molecule has 0 unspecified atom stereocenters. The number of hydrogen-bond acceptors (Lipinski definition) is 4. The van der Waals surface area contributed by atoms with E-state index >= 15 is 0 Å². The van der Waals surface area contributed by atoms with Crippen molar-refractivity contribution in [2.24, 2.45) is 9.98 Å². The van der Waals surface area contributed by atoms with Crippen molar-refractivity contribution in [3.63, 3.8) is 0 Å². The molecule has 4 heteroatoms. The van der Waals surface area contributed by atoms with Gasteiger partial charge < -0.3 is 11.5 Å². The maximum Gasteiger partial charge on any atom is 0.0886 e. The van der Waals surface area contributed by atoms with Crippen molar-refractivity contribution in [2.75, 3.05) is 11.5 Å². The highest BCUT2D eigenvalue weighted by atomic mass is 14.8. The molecule has 0 heterocycles. The molecule has 0 fully saturated rings. The van der Waals surface area contributed by atoms with Crippen molar-refractivity contribution >= 4 is 35.2 Å². The molecule has 0 bridgehead atoms. The third kappa shape index (κ3) is 3.67. The molecule has 0 aromatic heterocycles. The van der Waals surface area contributed by atoms with Gasteiger partial charge in [-0.15, -0.1) is 0 Å². The minimum absolute atomic E-state index is 0.694. The summed E-state index contributed by atoms with van der Waals surface area (Å²) >= 11 is 0. The highest BCUT2D eigenvalue weighted by molar-refractivity contribution is 5.91. The molecule has 3 aromatic rings. The molecule has 0 saturated heterocycles. The largest absolute Gasteiger partial charge is 0.398 e. The SMILES string of the molecule is Nc1ccccc1C=Nc1ccccc1N=Cc1ccccc1N. The quantitative estimate of drug-likeness (QED) is 0.554. The third-order valence-electron chi connectivity index (χ3n) is 3.56. The predicted molar refractivity (Wildman–Crippen MR) is 103 cm³/mol. The van der Waals surface area contributed by atoms with Gasteiger partial charge in [-0.05, 0) is 24.3 Å². The summed E-state index contributed by atoms with van der Waals surface area (Å²) in [5, 5.41) is 0. The second-order valence-corrected chi connectivity index (χ2v) is 5.26. The van der Waals surface area contributed by atoms with E-state index in [-0.39, 0.29) is 0 Å². The normalized spacial score (nSPS) is 11.3. The Labute approximate surface area is 141 Å². The van der Waals surface area contributed by atoms with E-state index in [1.165, 1.54) is 0 Å². The van der Waals surface area contributed by atoms with Crippen molar-refractivity contribution in [2.45, 2.75) is 0 Å². The summed E-state index contributed by atoms with van der Waals surface area (Å²) in [5.41, 5.74) is 16.6. The number of hydrogen-bond donors (Lipinski definition) is 2. The topological polar surface area (TPSA) is 76.8 Å². The number of benzene rings is 3. The minimum atomic E-state index is 0.694. The van der Waals surface area contributed by atoms with Gasteiger partial charge in [-0.2, -0.15) is 0 Å². The summed E-state index contributed by atoms with van der Waals surface area (Å²) in [6.45, 7) is 0. The molecule has 4 nitrogen and oxygen atoms in total. The number of nitrogens with zero attached hydrogens (tertiary/aromatic N) is 2. The first-order chi connectivity index (χ1) is 11.7. The van der Waals surface area contributed by atoms with Crippen LogP contribution in [-0.4, -0.2) is 12.4 Å². The molecular formula is C20H18N4. The molecular weight excluding hydrogens is 296 g/mol. The van der Waals surface area contributed by atoms with Gasteiger partial charge in [0, 0.05) is 34.9 Å². The summed E-state index contributed by atoms with van der Waals surface area (Å²) in [4.78, 5) is 9.04. The summed E-state index contributed by atoms with van der Waals surface area (Å²) < 4.78 is 0. The average Bonchev–Trinajstić information content (AvgIpc) is 2.61. The molecule has 3 aromatic carbocycles. The zero-order valence-corrected chi connectivity index (χ0v) is 13.1. The van der Waals surface area contributed by atoms with Crippen molar-refractivity contribution in [1.29, 1.82) is 0 Å². The van der Waals surface area contributed by atoms with E-state index in [1.54, 1.807) is 12.4 Å². The molecule has 4 N–H and O–H groups in total.